The summed E-state index contributed by atoms with van der Waals surface area (Å²) in [4.78, 5) is 14.6. The second-order valence-corrected chi connectivity index (χ2v) is 7.80. The molecule has 0 spiro atoms. The number of likely N-dealkylation sites (N-methyl/N-ethyl adjacent to an activating group) is 1. The Balaban J connectivity index is 1.78. The first-order chi connectivity index (χ1) is 13.4. The highest BCUT2D eigenvalue weighted by Crippen LogP contribution is 2.49. The van der Waals surface area contributed by atoms with Crippen molar-refractivity contribution in [1.82, 2.24) is 14.7 Å². The molecule has 1 saturated carbocycles. The van der Waals surface area contributed by atoms with Gasteiger partial charge in [-0.25, -0.2) is 4.39 Å². The molecule has 1 aliphatic carbocycles. The van der Waals surface area contributed by atoms with Crippen LogP contribution in [-0.4, -0.2) is 45.4 Å². The fourth-order valence-electron chi connectivity index (χ4n) is 4.51. The summed E-state index contributed by atoms with van der Waals surface area (Å²) in [5.74, 6) is -1.08. The van der Waals surface area contributed by atoms with E-state index in [0.717, 1.165) is 38.2 Å². The summed E-state index contributed by atoms with van der Waals surface area (Å²) in [5, 5.41) is 14.5. The number of carboxylic acid groups (broad SMARTS) is 1. The zero-order chi connectivity index (χ0) is 20.3. The Morgan fingerprint density at radius 2 is 2.14 bits per heavy atom. The summed E-state index contributed by atoms with van der Waals surface area (Å²) in [6.45, 7) is 9.77. The largest absolute Gasteiger partial charge is 0.481 e. The molecule has 5 nitrogen and oxygen atoms in total. The van der Waals surface area contributed by atoms with Gasteiger partial charge < -0.3 is 10.0 Å². The molecule has 0 unspecified atom stereocenters. The van der Waals surface area contributed by atoms with Crippen LogP contribution in [0.4, 0.5) is 4.39 Å². The lowest BCUT2D eigenvalue weighted by Crippen LogP contribution is -2.34. The molecule has 2 atom stereocenters. The maximum atomic E-state index is 14.1. The first-order valence-corrected chi connectivity index (χ1v) is 10.1. The minimum atomic E-state index is -1.03. The maximum Gasteiger partial charge on any atom is 0.314 e. The lowest BCUT2D eigenvalue weighted by atomic mass is 9.76. The van der Waals surface area contributed by atoms with Crippen molar-refractivity contribution in [1.29, 1.82) is 0 Å². The van der Waals surface area contributed by atoms with Gasteiger partial charge in [-0.1, -0.05) is 26.0 Å². The van der Waals surface area contributed by atoms with Crippen LogP contribution in [0.2, 0.25) is 0 Å². The number of aromatic nitrogens is 2. The van der Waals surface area contributed by atoms with Gasteiger partial charge in [0, 0.05) is 12.7 Å². The molecule has 2 aromatic rings. The van der Waals surface area contributed by atoms with Gasteiger partial charge in [0.25, 0.3) is 0 Å². The molecule has 1 fully saturated rings. The van der Waals surface area contributed by atoms with Crippen LogP contribution in [0.5, 0.6) is 0 Å². The Morgan fingerprint density at radius 3 is 2.82 bits per heavy atom. The SMILES string of the molecule is CCN(CC)CCn1cc([C@H]2CC[C@@](C(=O)O)(c3cccc(F)c3C)C2)cn1. The first-order valence-electron chi connectivity index (χ1n) is 10.1. The van der Waals surface area contributed by atoms with Crippen LogP contribution in [0.1, 0.15) is 55.7 Å². The minimum Gasteiger partial charge on any atom is -0.481 e. The summed E-state index contributed by atoms with van der Waals surface area (Å²) in [6, 6.07) is 4.77. The molecule has 0 amide bonds. The lowest BCUT2D eigenvalue weighted by Gasteiger charge is -2.27. The van der Waals surface area contributed by atoms with Crippen LogP contribution < -0.4 is 0 Å². The van der Waals surface area contributed by atoms with Gasteiger partial charge in [-0.2, -0.15) is 5.10 Å². The number of halogens is 1. The number of hydrogen-bond acceptors (Lipinski definition) is 3. The van der Waals surface area contributed by atoms with Gasteiger partial charge in [0.1, 0.15) is 5.82 Å². The summed E-state index contributed by atoms with van der Waals surface area (Å²) >= 11 is 0. The molecule has 0 aliphatic heterocycles. The molecule has 6 heteroatoms. The maximum absolute atomic E-state index is 14.1. The summed E-state index contributed by atoms with van der Waals surface area (Å²) in [6.07, 6.45) is 5.67. The van der Waals surface area contributed by atoms with Gasteiger partial charge in [-0.3, -0.25) is 9.48 Å². The average molecular weight is 387 g/mol. The molecule has 28 heavy (non-hydrogen) atoms. The number of aliphatic carboxylic acids is 1. The zero-order valence-corrected chi connectivity index (χ0v) is 17.0. The van der Waals surface area contributed by atoms with E-state index < -0.39 is 11.4 Å². The second kappa shape index (κ2) is 8.43. The number of hydrogen-bond donors (Lipinski definition) is 1. The van der Waals surface area contributed by atoms with Crippen LogP contribution in [-0.2, 0) is 16.8 Å². The smallest absolute Gasteiger partial charge is 0.314 e. The third-order valence-corrected chi connectivity index (χ3v) is 6.37. The van der Waals surface area contributed by atoms with Crippen molar-refractivity contribution in [2.75, 3.05) is 19.6 Å². The van der Waals surface area contributed by atoms with Gasteiger partial charge in [-0.05, 0) is 68.0 Å². The van der Waals surface area contributed by atoms with E-state index in [2.05, 4.69) is 23.8 Å². The number of carboxylic acids is 1. The molecule has 1 aliphatic rings. The molecular weight excluding hydrogens is 357 g/mol. The van der Waals surface area contributed by atoms with Crippen LogP contribution in [0.25, 0.3) is 0 Å². The van der Waals surface area contributed by atoms with Gasteiger partial charge in [0.05, 0.1) is 18.2 Å². The van der Waals surface area contributed by atoms with Crippen LogP contribution in [0, 0.1) is 12.7 Å². The van der Waals surface area contributed by atoms with Crippen molar-refractivity contribution < 1.29 is 14.3 Å². The highest BCUT2D eigenvalue weighted by Gasteiger charge is 2.48. The number of benzene rings is 1. The fraction of sp³-hybridized carbons (Fsp3) is 0.545. The number of rotatable bonds is 8. The van der Waals surface area contributed by atoms with Crippen LogP contribution in [0.15, 0.2) is 30.6 Å². The second-order valence-electron chi connectivity index (χ2n) is 7.80. The molecule has 1 aromatic heterocycles. The van der Waals surface area contributed by atoms with Gasteiger partial charge >= 0.3 is 5.97 Å². The summed E-state index contributed by atoms with van der Waals surface area (Å²) in [7, 11) is 0. The van der Waals surface area contributed by atoms with Crippen molar-refractivity contribution in [2.45, 2.75) is 57.9 Å². The predicted molar refractivity (Wildman–Crippen MR) is 107 cm³/mol. The van der Waals surface area contributed by atoms with Crippen molar-refractivity contribution in [3.63, 3.8) is 0 Å². The monoisotopic (exact) mass is 387 g/mol. The highest BCUT2D eigenvalue weighted by atomic mass is 19.1. The van der Waals surface area contributed by atoms with E-state index in [-0.39, 0.29) is 11.7 Å². The Hall–Kier alpha value is -2.21. The molecule has 0 saturated heterocycles. The van der Waals surface area contributed by atoms with Crippen molar-refractivity contribution in [2.24, 2.45) is 0 Å². The molecule has 3 rings (SSSR count). The average Bonchev–Trinajstić information content (AvgIpc) is 3.32. The van der Waals surface area contributed by atoms with Crippen molar-refractivity contribution in [3.8, 4) is 0 Å². The van der Waals surface area contributed by atoms with Crippen LogP contribution >= 0.6 is 0 Å². The topological polar surface area (TPSA) is 58.4 Å². The third-order valence-electron chi connectivity index (χ3n) is 6.37. The molecule has 0 radical (unpaired) electrons. The summed E-state index contributed by atoms with van der Waals surface area (Å²) < 4.78 is 16.0. The van der Waals surface area contributed by atoms with E-state index in [1.165, 1.54) is 6.07 Å². The summed E-state index contributed by atoms with van der Waals surface area (Å²) in [5.41, 5.74) is 1.11. The quantitative estimate of drug-likeness (QED) is 0.745. The highest BCUT2D eigenvalue weighted by molar-refractivity contribution is 5.82. The normalized spacial score (nSPS) is 22.1. The molecule has 1 heterocycles. The van der Waals surface area contributed by atoms with Gasteiger partial charge in [0.15, 0.2) is 0 Å². The van der Waals surface area contributed by atoms with E-state index in [4.69, 9.17) is 0 Å². The Bertz CT molecular complexity index is 831. The first kappa shape index (κ1) is 20.5. The molecular formula is C22H30FN3O2. The standard InChI is InChI=1S/C22H30FN3O2/c1-4-25(5-2)11-12-26-15-18(14-24-26)17-9-10-22(13-17,21(27)28)19-7-6-8-20(23)16(19)3/h6-8,14-15,17H,4-5,9-13H2,1-3H3,(H,27,28)/t17-,22-/m0/s1. The molecule has 0 bridgehead atoms. The van der Waals surface area contributed by atoms with E-state index in [1.807, 2.05) is 17.1 Å². The lowest BCUT2D eigenvalue weighted by molar-refractivity contribution is -0.143. The van der Waals surface area contributed by atoms with Crippen molar-refractivity contribution >= 4 is 5.97 Å². The zero-order valence-electron chi connectivity index (χ0n) is 17.0. The van der Waals surface area contributed by atoms with Crippen molar-refractivity contribution in [3.05, 3.63) is 53.1 Å². The van der Waals surface area contributed by atoms with Gasteiger partial charge in [-0.15, -0.1) is 0 Å². The van der Waals surface area contributed by atoms with Gasteiger partial charge in [0.2, 0.25) is 0 Å². The van der Waals surface area contributed by atoms with E-state index in [1.54, 1.807) is 19.1 Å². The number of nitrogens with zero attached hydrogens (tertiary/aromatic N) is 3. The minimum absolute atomic E-state index is 0.126. The number of carbonyl (C=O) groups is 1. The molecule has 152 valence electrons. The van der Waals surface area contributed by atoms with Crippen LogP contribution in [0.3, 0.4) is 0 Å². The fourth-order valence-corrected chi connectivity index (χ4v) is 4.51. The van der Waals surface area contributed by atoms with E-state index in [9.17, 15) is 14.3 Å². The van der Waals surface area contributed by atoms with E-state index in [0.29, 0.717) is 24.0 Å². The van der Waals surface area contributed by atoms with E-state index >= 15 is 0 Å². The Labute approximate surface area is 166 Å². The Morgan fingerprint density at radius 1 is 1.39 bits per heavy atom. The Kier molecular flexibility index (Phi) is 6.18. The molecule has 1 N–H and O–H groups in total. The molecule has 1 aromatic carbocycles. The predicted octanol–water partition coefficient (Wildman–Crippen LogP) is 3.96. The third kappa shape index (κ3) is 3.83.